The third kappa shape index (κ3) is 2.86. The topological polar surface area (TPSA) is 72.6 Å². The van der Waals surface area contributed by atoms with Gasteiger partial charge in [-0.2, -0.15) is 0 Å². The average Bonchev–Trinajstić information content (AvgIpc) is 2.45. The average molecular weight is 262 g/mol. The summed E-state index contributed by atoms with van der Waals surface area (Å²) in [6.07, 6.45) is 2.49. The standard InChI is InChI=1S/C14H18N2O3/c1-19-14(18)12-7-2-3-8-16(12)13(17)10-5-4-6-11(15)9-10/h4-6,9,12H,2-3,7-8,15H2,1H3/t12-/m0/s1. The van der Waals surface area contributed by atoms with Crippen molar-refractivity contribution in [2.75, 3.05) is 19.4 Å². The molecule has 19 heavy (non-hydrogen) atoms. The van der Waals surface area contributed by atoms with Crippen molar-refractivity contribution in [2.24, 2.45) is 0 Å². The van der Waals surface area contributed by atoms with E-state index in [0.29, 0.717) is 24.2 Å². The van der Waals surface area contributed by atoms with Crippen LogP contribution < -0.4 is 5.73 Å². The minimum absolute atomic E-state index is 0.164. The zero-order chi connectivity index (χ0) is 13.8. The van der Waals surface area contributed by atoms with E-state index in [0.717, 1.165) is 12.8 Å². The number of likely N-dealkylation sites (tertiary alicyclic amines) is 1. The monoisotopic (exact) mass is 262 g/mol. The first-order chi connectivity index (χ1) is 9.13. The molecular formula is C14H18N2O3. The molecule has 1 saturated heterocycles. The van der Waals surface area contributed by atoms with Crippen LogP contribution in [-0.2, 0) is 9.53 Å². The molecule has 0 aliphatic carbocycles. The molecule has 0 aromatic heterocycles. The number of carbonyl (C=O) groups is 2. The SMILES string of the molecule is COC(=O)[C@@H]1CCCCN1C(=O)c1cccc(N)c1. The van der Waals surface area contributed by atoms with E-state index in [4.69, 9.17) is 10.5 Å². The van der Waals surface area contributed by atoms with E-state index < -0.39 is 6.04 Å². The van der Waals surface area contributed by atoms with Gasteiger partial charge < -0.3 is 15.4 Å². The Morgan fingerprint density at radius 1 is 1.37 bits per heavy atom. The number of amides is 1. The third-order valence-electron chi connectivity index (χ3n) is 3.37. The number of rotatable bonds is 2. The molecule has 0 saturated carbocycles. The molecular weight excluding hydrogens is 244 g/mol. The van der Waals surface area contributed by atoms with Crippen molar-refractivity contribution in [3.05, 3.63) is 29.8 Å². The van der Waals surface area contributed by atoms with Gasteiger partial charge in [-0.15, -0.1) is 0 Å². The predicted octanol–water partition coefficient (Wildman–Crippen LogP) is 1.44. The summed E-state index contributed by atoms with van der Waals surface area (Å²) in [6, 6.07) is 6.32. The Balaban J connectivity index is 2.22. The maximum Gasteiger partial charge on any atom is 0.328 e. The van der Waals surface area contributed by atoms with Crippen LogP contribution in [0.4, 0.5) is 5.69 Å². The highest BCUT2D eigenvalue weighted by Crippen LogP contribution is 2.21. The molecule has 0 unspecified atom stereocenters. The Morgan fingerprint density at radius 3 is 2.84 bits per heavy atom. The number of ether oxygens (including phenoxy) is 1. The van der Waals surface area contributed by atoms with E-state index in [1.807, 2.05) is 0 Å². The Kier molecular flexibility index (Phi) is 4.04. The molecule has 1 aromatic carbocycles. The van der Waals surface area contributed by atoms with Gasteiger partial charge in [0.05, 0.1) is 7.11 Å². The molecule has 5 heteroatoms. The number of nitrogen functional groups attached to an aromatic ring is 1. The lowest BCUT2D eigenvalue weighted by molar-refractivity contribution is -0.147. The molecule has 1 atom stereocenters. The second-order valence-corrected chi connectivity index (χ2v) is 4.66. The van der Waals surface area contributed by atoms with E-state index in [9.17, 15) is 9.59 Å². The normalized spacial score (nSPS) is 19.0. The van der Waals surface area contributed by atoms with Gasteiger partial charge in [0.25, 0.3) is 5.91 Å². The molecule has 102 valence electrons. The molecule has 1 fully saturated rings. The highest BCUT2D eigenvalue weighted by molar-refractivity contribution is 5.97. The molecule has 0 spiro atoms. The maximum atomic E-state index is 12.4. The number of anilines is 1. The molecule has 1 aromatic rings. The fraction of sp³-hybridized carbons (Fsp3) is 0.429. The summed E-state index contributed by atoms with van der Waals surface area (Å²) in [7, 11) is 1.35. The van der Waals surface area contributed by atoms with E-state index in [-0.39, 0.29) is 11.9 Å². The molecule has 5 nitrogen and oxygen atoms in total. The molecule has 1 heterocycles. The van der Waals surface area contributed by atoms with Gasteiger partial charge in [0.2, 0.25) is 0 Å². The second kappa shape index (κ2) is 5.73. The number of hydrogen-bond acceptors (Lipinski definition) is 4. The summed E-state index contributed by atoms with van der Waals surface area (Å²) in [6.45, 7) is 0.577. The molecule has 0 radical (unpaired) electrons. The first kappa shape index (κ1) is 13.4. The Bertz CT molecular complexity index is 487. The minimum Gasteiger partial charge on any atom is -0.467 e. The number of hydrogen-bond donors (Lipinski definition) is 1. The Morgan fingerprint density at radius 2 is 2.16 bits per heavy atom. The van der Waals surface area contributed by atoms with E-state index in [1.165, 1.54) is 7.11 Å². The van der Waals surface area contributed by atoms with Gasteiger partial charge >= 0.3 is 5.97 Å². The van der Waals surface area contributed by atoms with Crippen LogP contribution >= 0.6 is 0 Å². The zero-order valence-electron chi connectivity index (χ0n) is 11.0. The minimum atomic E-state index is -0.479. The lowest BCUT2D eigenvalue weighted by atomic mass is 10.0. The van der Waals surface area contributed by atoms with E-state index in [1.54, 1.807) is 29.2 Å². The largest absolute Gasteiger partial charge is 0.467 e. The van der Waals surface area contributed by atoms with Gasteiger partial charge in [-0.1, -0.05) is 6.07 Å². The molecule has 2 N–H and O–H groups in total. The number of esters is 1. The summed E-state index contributed by atoms with van der Waals surface area (Å²) in [5.41, 5.74) is 6.73. The highest BCUT2D eigenvalue weighted by atomic mass is 16.5. The second-order valence-electron chi connectivity index (χ2n) is 4.66. The van der Waals surface area contributed by atoms with Crippen molar-refractivity contribution in [1.29, 1.82) is 0 Å². The van der Waals surface area contributed by atoms with Crippen molar-refractivity contribution < 1.29 is 14.3 Å². The number of methoxy groups -OCH3 is 1. The van der Waals surface area contributed by atoms with Gasteiger partial charge in [0.15, 0.2) is 0 Å². The van der Waals surface area contributed by atoms with Crippen LogP contribution in [0.5, 0.6) is 0 Å². The van der Waals surface area contributed by atoms with Crippen molar-refractivity contribution >= 4 is 17.6 Å². The first-order valence-electron chi connectivity index (χ1n) is 6.38. The van der Waals surface area contributed by atoms with Crippen molar-refractivity contribution in [3.63, 3.8) is 0 Å². The fourth-order valence-electron chi connectivity index (χ4n) is 2.39. The molecule has 1 aliphatic rings. The van der Waals surface area contributed by atoms with E-state index in [2.05, 4.69) is 0 Å². The summed E-state index contributed by atoms with van der Waals surface area (Å²) >= 11 is 0. The lowest BCUT2D eigenvalue weighted by Gasteiger charge is -2.33. The lowest BCUT2D eigenvalue weighted by Crippen LogP contribution is -2.48. The summed E-state index contributed by atoms with van der Waals surface area (Å²) < 4.78 is 4.77. The summed E-state index contributed by atoms with van der Waals surface area (Å²) in [5.74, 6) is -0.514. The summed E-state index contributed by atoms with van der Waals surface area (Å²) in [5, 5.41) is 0. The van der Waals surface area contributed by atoms with Crippen LogP contribution in [0.25, 0.3) is 0 Å². The third-order valence-corrected chi connectivity index (χ3v) is 3.37. The van der Waals surface area contributed by atoms with Gasteiger partial charge in [-0.3, -0.25) is 4.79 Å². The van der Waals surface area contributed by atoms with Gasteiger partial charge in [0, 0.05) is 17.8 Å². The number of nitrogens with two attached hydrogens (primary N) is 1. The Labute approximate surface area is 112 Å². The quantitative estimate of drug-likeness (QED) is 0.646. The maximum absolute atomic E-state index is 12.4. The van der Waals surface area contributed by atoms with Gasteiger partial charge in [0.1, 0.15) is 6.04 Å². The van der Waals surface area contributed by atoms with Crippen LogP contribution in [0.3, 0.4) is 0 Å². The van der Waals surface area contributed by atoms with Crippen LogP contribution in [0, 0.1) is 0 Å². The van der Waals surface area contributed by atoms with Crippen molar-refractivity contribution in [1.82, 2.24) is 4.90 Å². The molecule has 0 bridgehead atoms. The van der Waals surface area contributed by atoms with Crippen molar-refractivity contribution in [3.8, 4) is 0 Å². The first-order valence-corrected chi connectivity index (χ1v) is 6.38. The Hall–Kier alpha value is -2.04. The van der Waals surface area contributed by atoms with Gasteiger partial charge in [-0.05, 0) is 37.5 Å². The van der Waals surface area contributed by atoms with Crippen LogP contribution in [0.2, 0.25) is 0 Å². The van der Waals surface area contributed by atoms with Crippen LogP contribution in [0.1, 0.15) is 29.6 Å². The predicted molar refractivity (Wildman–Crippen MR) is 71.5 cm³/mol. The molecule has 2 rings (SSSR count). The highest BCUT2D eigenvalue weighted by Gasteiger charge is 2.33. The summed E-state index contributed by atoms with van der Waals surface area (Å²) in [4.78, 5) is 25.8. The number of piperidine rings is 1. The van der Waals surface area contributed by atoms with Gasteiger partial charge in [-0.25, -0.2) is 4.79 Å². The zero-order valence-corrected chi connectivity index (χ0v) is 11.0. The van der Waals surface area contributed by atoms with Crippen LogP contribution in [-0.4, -0.2) is 36.5 Å². The molecule has 1 amide bonds. The smallest absolute Gasteiger partial charge is 0.328 e. The number of nitrogens with zero attached hydrogens (tertiary/aromatic N) is 1. The number of carbonyl (C=O) groups excluding carboxylic acids is 2. The van der Waals surface area contributed by atoms with E-state index >= 15 is 0 Å². The van der Waals surface area contributed by atoms with Crippen molar-refractivity contribution in [2.45, 2.75) is 25.3 Å². The van der Waals surface area contributed by atoms with Crippen LogP contribution in [0.15, 0.2) is 24.3 Å². The fourth-order valence-corrected chi connectivity index (χ4v) is 2.39. The molecule has 1 aliphatic heterocycles. The number of benzene rings is 1.